The molecule has 10 heteroatoms. The maximum atomic E-state index is 13.9. The molecule has 0 aliphatic carbocycles. The van der Waals surface area contributed by atoms with Crippen LogP contribution in [0.25, 0.3) is 10.9 Å². The Labute approximate surface area is 239 Å². The minimum Gasteiger partial charge on any atom is -0.382 e. The van der Waals surface area contributed by atoms with E-state index in [-0.39, 0.29) is 23.5 Å². The van der Waals surface area contributed by atoms with Gasteiger partial charge >= 0.3 is 0 Å². The van der Waals surface area contributed by atoms with Crippen LogP contribution >= 0.6 is 0 Å². The molecule has 2 amide bonds. The number of hydrogen-bond donors (Lipinski definition) is 0. The number of anilines is 1. The second-order valence-corrected chi connectivity index (χ2v) is 11.2. The molecule has 10 nitrogen and oxygen atoms in total. The molecule has 216 valence electrons. The van der Waals surface area contributed by atoms with Crippen molar-refractivity contribution >= 4 is 28.4 Å². The first kappa shape index (κ1) is 27.4. The van der Waals surface area contributed by atoms with E-state index in [1.807, 2.05) is 42.3 Å². The Hall–Kier alpha value is -3.76. The van der Waals surface area contributed by atoms with Crippen LogP contribution in [0.15, 0.2) is 41.2 Å². The van der Waals surface area contributed by atoms with Gasteiger partial charge in [0.05, 0.1) is 30.2 Å². The summed E-state index contributed by atoms with van der Waals surface area (Å²) in [5.74, 6) is 0.901. The van der Waals surface area contributed by atoms with Crippen molar-refractivity contribution in [1.29, 1.82) is 0 Å². The van der Waals surface area contributed by atoms with Gasteiger partial charge in [-0.15, -0.1) is 0 Å². The van der Waals surface area contributed by atoms with Gasteiger partial charge in [0.25, 0.3) is 11.5 Å². The molecule has 0 radical (unpaired) electrons. The lowest BCUT2D eigenvalue weighted by atomic mass is 10.0. The lowest BCUT2D eigenvalue weighted by Crippen LogP contribution is -2.44. The van der Waals surface area contributed by atoms with Crippen molar-refractivity contribution < 1.29 is 19.1 Å². The molecule has 3 aliphatic heterocycles. The molecular weight excluding hydrogens is 522 g/mol. The van der Waals surface area contributed by atoms with Gasteiger partial charge in [0.2, 0.25) is 5.91 Å². The van der Waals surface area contributed by atoms with Crippen LogP contribution < -0.4 is 10.5 Å². The minimum absolute atomic E-state index is 0.00305. The molecule has 3 aliphatic rings. The van der Waals surface area contributed by atoms with Crippen LogP contribution in [-0.2, 0) is 40.2 Å². The van der Waals surface area contributed by atoms with Crippen LogP contribution in [-0.4, -0.2) is 90.8 Å². The zero-order valence-corrected chi connectivity index (χ0v) is 23.8. The Balaban J connectivity index is 1.29. The largest absolute Gasteiger partial charge is 0.382 e. The van der Waals surface area contributed by atoms with Crippen molar-refractivity contribution in [2.24, 2.45) is 0 Å². The van der Waals surface area contributed by atoms with Crippen molar-refractivity contribution in [3.8, 4) is 0 Å². The monoisotopic (exact) mass is 559 g/mol. The Bertz CT molecular complexity index is 1530. The van der Waals surface area contributed by atoms with E-state index in [9.17, 15) is 14.4 Å². The van der Waals surface area contributed by atoms with Crippen molar-refractivity contribution in [1.82, 2.24) is 19.4 Å². The number of fused-ring (bicyclic) bond motifs is 2. The van der Waals surface area contributed by atoms with E-state index in [1.54, 1.807) is 16.6 Å². The van der Waals surface area contributed by atoms with Gasteiger partial charge in [-0.1, -0.05) is 12.1 Å². The number of benzene rings is 2. The third-order valence-corrected chi connectivity index (χ3v) is 8.43. The Morgan fingerprint density at radius 3 is 2.73 bits per heavy atom. The van der Waals surface area contributed by atoms with Gasteiger partial charge in [-0.05, 0) is 48.2 Å². The number of methoxy groups -OCH3 is 1. The topological polar surface area (TPSA) is 97.2 Å². The summed E-state index contributed by atoms with van der Waals surface area (Å²) in [4.78, 5) is 49.3. The van der Waals surface area contributed by atoms with E-state index in [0.717, 1.165) is 41.9 Å². The fourth-order valence-corrected chi connectivity index (χ4v) is 6.21. The van der Waals surface area contributed by atoms with Crippen molar-refractivity contribution in [3.63, 3.8) is 0 Å². The fraction of sp³-hybridized carbons (Fsp3) is 0.484. The second kappa shape index (κ2) is 11.6. The molecule has 0 bridgehead atoms. The maximum absolute atomic E-state index is 13.9. The number of likely N-dealkylation sites (tertiary alicyclic amines) is 1. The fourth-order valence-electron chi connectivity index (χ4n) is 6.21. The lowest BCUT2D eigenvalue weighted by Gasteiger charge is -2.34. The third-order valence-electron chi connectivity index (χ3n) is 8.43. The molecule has 0 saturated carbocycles. The highest BCUT2D eigenvalue weighted by atomic mass is 16.5. The van der Waals surface area contributed by atoms with E-state index in [4.69, 9.17) is 14.5 Å². The smallest absolute Gasteiger partial charge is 0.261 e. The Kier molecular flexibility index (Phi) is 7.77. The van der Waals surface area contributed by atoms with Gasteiger partial charge in [-0.25, -0.2) is 4.98 Å². The molecule has 2 saturated heterocycles. The van der Waals surface area contributed by atoms with E-state index in [0.29, 0.717) is 75.4 Å². The van der Waals surface area contributed by atoms with Crippen molar-refractivity contribution in [2.45, 2.75) is 44.9 Å². The number of amides is 2. The van der Waals surface area contributed by atoms with Gasteiger partial charge in [0.1, 0.15) is 5.82 Å². The predicted molar refractivity (Wildman–Crippen MR) is 155 cm³/mol. The summed E-state index contributed by atoms with van der Waals surface area (Å²) in [5, 5.41) is 0.581. The summed E-state index contributed by atoms with van der Waals surface area (Å²) in [7, 11) is 3.48. The molecule has 4 heterocycles. The summed E-state index contributed by atoms with van der Waals surface area (Å²) in [6.45, 7) is 4.99. The number of carbonyl (C=O) groups excluding carboxylic acids is 2. The highest BCUT2D eigenvalue weighted by Gasteiger charge is 2.25. The molecule has 1 aromatic heterocycles. The summed E-state index contributed by atoms with van der Waals surface area (Å²) in [5.41, 5.74) is 4.45. The number of carbonyl (C=O) groups is 2. The second-order valence-electron chi connectivity index (χ2n) is 11.2. The van der Waals surface area contributed by atoms with Crippen LogP contribution in [0.4, 0.5) is 5.69 Å². The zero-order chi connectivity index (χ0) is 28.5. The van der Waals surface area contributed by atoms with Gasteiger partial charge in [-0.3, -0.25) is 19.0 Å². The van der Waals surface area contributed by atoms with Gasteiger partial charge < -0.3 is 24.2 Å². The van der Waals surface area contributed by atoms with Crippen LogP contribution in [0.2, 0.25) is 0 Å². The normalized spacial score (nSPS) is 19.1. The number of hydrogen-bond acceptors (Lipinski definition) is 7. The minimum atomic E-state index is -0.0698. The number of rotatable bonds is 9. The molecular formula is C31H37N5O5. The van der Waals surface area contributed by atoms with Crippen LogP contribution in [0.1, 0.15) is 40.2 Å². The van der Waals surface area contributed by atoms with E-state index >= 15 is 0 Å². The molecule has 1 atom stereocenters. The highest BCUT2D eigenvalue weighted by molar-refractivity contribution is 5.98. The van der Waals surface area contributed by atoms with Gasteiger partial charge in [-0.2, -0.15) is 0 Å². The molecule has 3 aromatic rings. The number of aryl methyl sites for hydroxylation is 1. The average Bonchev–Trinajstić information content (AvgIpc) is 3.52. The molecule has 0 N–H and O–H groups in total. The number of nitrogens with zero attached hydrogens (tertiary/aromatic N) is 5. The lowest BCUT2D eigenvalue weighted by molar-refractivity contribution is -0.127. The first-order valence-corrected chi connectivity index (χ1v) is 14.5. The zero-order valence-electron chi connectivity index (χ0n) is 23.8. The first-order valence-electron chi connectivity index (χ1n) is 14.5. The van der Waals surface area contributed by atoms with Crippen LogP contribution in [0.5, 0.6) is 0 Å². The molecule has 41 heavy (non-hydrogen) atoms. The van der Waals surface area contributed by atoms with Crippen LogP contribution in [0, 0.1) is 0 Å². The first-order chi connectivity index (χ1) is 19.9. The highest BCUT2D eigenvalue weighted by Crippen LogP contribution is 2.24. The SMILES string of the molecule is COC[C@H]1CN(c2ccc3c(=O)n(CCc4ccc5c(c4)CN(C)C5=O)c(CCN4CCCC4=O)nc3c2)CCO1. The van der Waals surface area contributed by atoms with Crippen LogP contribution in [0.3, 0.4) is 0 Å². The maximum Gasteiger partial charge on any atom is 0.261 e. The Morgan fingerprint density at radius 1 is 1.05 bits per heavy atom. The average molecular weight is 560 g/mol. The van der Waals surface area contributed by atoms with Gasteiger partial charge in [0, 0.05) is 77.5 Å². The quantitative estimate of drug-likeness (QED) is 0.397. The number of ether oxygens (including phenoxy) is 2. The summed E-state index contributed by atoms with van der Waals surface area (Å²) < 4.78 is 12.9. The predicted octanol–water partition coefficient (Wildman–Crippen LogP) is 2.24. The molecule has 6 rings (SSSR count). The standard InChI is InChI=1S/C31H37N5O5/c1-33-18-22-16-21(5-7-25(22)30(33)38)9-13-36-28(10-12-34-11-3-4-29(34)37)32-27-17-23(6-8-26(27)31(36)39)35-14-15-41-24(19-35)20-40-2/h5-8,16-17,24H,3-4,9-15,18-20H2,1-2H3/t24-/m1/s1. The summed E-state index contributed by atoms with van der Waals surface area (Å²) >= 11 is 0. The summed E-state index contributed by atoms with van der Waals surface area (Å²) in [6, 6.07) is 11.8. The Morgan fingerprint density at radius 2 is 1.93 bits per heavy atom. The van der Waals surface area contributed by atoms with Gasteiger partial charge in [0.15, 0.2) is 0 Å². The van der Waals surface area contributed by atoms with E-state index in [1.165, 1.54) is 0 Å². The molecule has 2 aromatic carbocycles. The van der Waals surface area contributed by atoms with Crippen molar-refractivity contribution in [2.75, 3.05) is 58.5 Å². The molecule has 0 spiro atoms. The third kappa shape index (κ3) is 5.58. The number of aromatic nitrogens is 2. The van der Waals surface area contributed by atoms with E-state index < -0.39 is 0 Å². The molecule has 0 unspecified atom stereocenters. The molecule has 2 fully saturated rings. The van der Waals surface area contributed by atoms with E-state index in [2.05, 4.69) is 11.0 Å². The summed E-state index contributed by atoms with van der Waals surface area (Å²) in [6.07, 6.45) is 2.61. The van der Waals surface area contributed by atoms with Crippen molar-refractivity contribution in [3.05, 3.63) is 69.3 Å². The number of morpholine rings is 1.